The van der Waals surface area contributed by atoms with E-state index in [9.17, 15) is 0 Å². The van der Waals surface area contributed by atoms with Crippen LogP contribution in [0.5, 0.6) is 0 Å². The summed E-state index contributed by atoms with van der Waals surface area (Å²) in [6, 6.07) is 12.1. The van der Waals surface area contributed by atoms with Crippen LogP contribution in [0.4, 0.5) is 0 Å². The average Bonchev–Trinajstić information content (AvgIpc) is 2.46. The topological polar surface area (TPSA) is 12.0 Å². The first kappa shape index (κ1) is 16.2. The number of rotatable bonds is 9. The lowest BCUT2D eigenvalue weighted by molar-refractivity contribution is 0.306. The SMILES string of the molecule is CCCCC(C)NC(c1ccccc1)C(CC)CC. The lowest BCUT2D eigenvalue weighted by Gasteiger charge is -2.30. The maximum absolute atomic E-state index is 3.87. The van der Waals surface area contributed by atoms with Crippen molar-refractivity contribution in [1.29, 1.82) is 0 Å². The van der Waals surface area contributed by atoms with Crippen LogP contribution in [0.25, 0.3) is 0 Å². The van der Waals surface area contributed by atoms with Crippen LogP contribution in [-0.4, -0.2) is 6.04 Å². The molecular formula is C18H31N. The van der Waals surface area contributed by atoms with E-state index >= 15 is 0 Å². The van der Waals surface area contributed by atoms with Gasteiger partial charge in [-0.25, -0.2) is 0 Å². The van der Waals surface area contributed by atoms with Gasteiger partial charge in [0, 0.05) is 12.1 Å². The smallest absolute Gasteiger partial charge is 0.0350 e. The van der Waals surface area contributed by atoms with Gasteiger partial charge in [-0.15, -0.1) is 0 Å². The number of nitrogens with one attached hydrogen (secondary N) is 1. The third kappa shape index (κ3) is 5.36. The third-order valence-electron chi connectivity index (χ3n) is 4.13. The minimum Gasteiger partial charge on any atom is -0.307 e. The largest absolute Gasteiger partial charge is 0.307 e. The van der Waals surface area contributed by atoms with Gasteiger partial charge in [-0.05, 0) is 24.8 Å². The van der Waals surface area contributed by atoms with Crippen LogP contribution in [0.15, 0.2) is 30.3 Å². The molecule has 19 heavy (non-hydrogen) atoms. The number of unbranched alkanes of at least 4 members (excludes halogenated alkanes) is 1. The summed E-state index contributed by atoms with van der Waals surface area (Å²) in [6.45, 7) is 9.21. The Balaban J connectivity index is 2.75. The van der Waals surface area contributed by atoms with Crippen LogP contribution in [-0.2, 0) is 0 Å². The molecule has 1 rings (SSSR count). The van der Waals surface area contributed by atoms with Gasteiger partial charge >= 0.3 is 0 Å². The highest BCUT2D eigenvalue weighted by Crippen LogP contribution is 2.28. The van der Waals surface area contributed by atoms with Crippen molar-refractivity contribution >= 4 is 0 Å². The Labute approximate surface area is 119 Å². The van der Waals surface area contributed by atoms with Crippen LogP contribution in [0.3, 0.4) is 0 Å². The second-order valence-corrected chi connectivity index (χ2v) is 5.67. The molecule has 0 aliphatic heterocycles. The normalized spacial score (nSPS) is 14.6. The zero-order valence-electron chi connectivity index (χ0n) is 13.2. The van der Waals surface area contributed by atoms with Gasteiger partial charge in [-0.2, -0.15) is 0 Å². The summed E-state index contributed by atoms with van der Waals surface area (Å²) in [4.78, 5) is 0. The minimum atomic E-state index is 0.503. The molecule has 0 aliphatic carbocycles. The van der Waals surface area contributed by atoms with Crippen LogP contribution in [0.1, 0.15) is 71.4 Å². The third-order valence-corrected chi connectivity index (χ3v) is 4.13. The van der Waals surface area contributed by atoms with Gasteiger partial charge in [0.05, 0.1) is 0 Å². The molecule has 0 bridgehead atoms. The highest BCUT2D eigenvalue weighted by atomic mass is 14.9. The van der Waals surface area contributed by atoms with E-state index in [0.29, 0.717) is 12.1 Å². The standard InChI is InChI=1S/C18H31N/c1-5-8-12-15(4)19-18(16(6-2)7-3)17-13-10-9-11-14-17/h9-11,13-16,18-19H,5-8,12H2,1-4H3. The molecule has 2 unspecified atom stereocenters. The highest BCUT2D eigenvalue weighted by molar-refractivity contribution is 5.19. The van der Waals surface area contributed by atoms with Gasteiger partial charge in [0.2, 0.25) is 0 Å². The van der Waals surface area contributed by atoms with Crippen molar-refractivity contribution < 1.29 is 0 Å². The molecule has 0 fully saturated rings. The summed E-state index contributed by atoms with van der Waals surface area (Å²) in [5, 5.41) is 3.87. The van der Waals surface area contributed by atoms with E-state index in [4.69, 9.17) is 0 Å². The predicted molar refractivity (Wildman–Crippen MR) is 85.4 cm³/mol. The van der Waals surface area contributed by atoms with Crippen molar-refractivity contribution in [2.24, 2.45) is 5.92 Å². The Kier molecular flexibility index (Phi) is 7.81. The average molecular weight is 261 g/mol. The molecule has 0 saturated heterocycles. The van der Waals surface area contributed by atoms with Gasteiger partial charge in [-0.1, -0.05) is 76.8 Å². The van der Waals surface area contributed by atoms with Crippen molar-refractivity contribution in [3.8, 4) is 0 Å². The van der Waals surface area contributed by atoms with Crippen LogP contribution >= 0.6 is 0 Å². The molecule has 0 heterocycles. The molecule has 1 heteroatoms. The maximum Gasteiger partial charge on any atom is 0.0350 e. The Morgan fingerprint density at radius 3 is 2.16 bits per heavy atom. The Morgan fingerprint density at radius 2 is 1.63 bits per heavy atom. The number of hydrogen-bond donors (Lipinski definition) is 1. The second-order valence-electron chi connectivity index (χ2n) is 5.67. The first-order valence-electron chi connectivity index (χ1n) is 8.03. The van der Waals surface area contributed by atoms with Crippen molar-refractivity contribution in [3.05, 3.63) is 35.9 Å². The maximum atomic E-state index is 3.87. The summed E-state index contributed by atoms with van der Waals surface area (Å²) in [6.07, 6.45) is 6.36. The quantitative estimate of drug-likeness (QED) is 0.633. The predicted octanol–water partition coefficient (Wildman–Crippen LogP) is 5.33. The fourth-order valence-corrected chi connectivity index (χ4v) is 2.83. The summed E-state index contributed by atoms with van der Waals surface area (Å²) in [7, 11) is 0. The van der Waals surface area contributed by atoms with E-state index in [-0.39, 0.29) is 0 Å². The van der Waals surface area contributed by atoms with E-state index in [1.807, 2.05) is 0 Å². The van der Waals surface area contributed by atoms with E-state index in [2.05, 4.69) is 63.3 Å². The fraction of sp³-hybridized carbons (Fsp3) is 0.667. The summed E-state index contributed by atoms with van der Waals surface area (Å²) in [5.74, 6) is 0.728. The molecule has 1 nitrogen and oxygen atoms in total. The van der Waals surface area contributed by atoms with E-state index in [1.54, 1.807) is 0 Å². The molecule has 0 aliphatic rings. The van der Waals surface area contributed by atoms with Crippen molar-refractivity contribution in [2.45, 2.75) is 71.9 Å². The summed E-state index contributed by atoms with van der Waals surface area (Å²) >= 11 is 0. The summed E-state index contributed by atoms with van der Waals surface area (Å²) in [5.41, 5.74) is 1.44. The molecule has 1 aromatic rings. The number of benzene rings is 1. The van der Waals surface area contributed by atoms with Crippen molar-refractivity contribution in [2.75, 3.05) is 0 Å². The number of hydrogen-bond acceptors (Lipinski definition) is 1. The highest BCUT2D eigenvalue weighted by Gasteiger charge is 2.21. The second kappa shape index (κ2) is 9.14. The van der Waals surface area contributed by atoms with Gasteiger partial charge in [0.25, 0.3) is 0 Å². The summed E-state index contributed by atoms with van der Waals surface area (Å²) < 4.78 is 0. The Bertz CT molecular complexity index is 316. The molecule has 108 valence electrons. The lowest BCUT2D eigenvalue weighted by Crippen LogP contribution is -2.34. The Hall–Kier alpha value is -0.820. The van der Waals surface area contributed by atoms with Gasteiger partial charge in [0.15, 0.2) is 0 Å². The molecule has 1 N–H and O–H groups in total. The molecule has 0 aromatic heterocycles. The molecule has 0 amide bonds. The zero-order valence-corrected chi connectivity index (χ0v) is 13.2. The van der Waals surface area contributed by atoms with Crippen molar-refractivity contribution in [3.63, 3.8) is 0 Å². The zero-order chi connectivity index (χ0) is 14.1. The Morgan fingerprint density at radius 1 is 1.00 bits per heavy atom. The van der Waals surface area contributed by atoms with E-state index in [0.717, 1.165) is 5.92 Å². The minimum absolute atomic E-state index is 0.503. The van der Waals surface area contributed by atoms with Gasteiger partial charge in [-0.3, -0.25) is 0 Å². The first-order valence-corrected chi connectivity index (χ1v) is 8.03. The molecule has 2 atom stereocenters. The monoisotopic (exact) mass is 261 g/mol. The van der Waals surface area contributed by atoms with Crippen LogP contribution in [0, 0.1) is 5.92 Å². The van der Waals surface area contributed by atoms with Gasteiger partial charge < -0.3 is 5.32 Å². The lowest BCUT2D eigenvalue weighted by atomic mass is 9.88. The fourth-order valence-electron chi connectivity index (χ4n) is 2.83. The van der Waals surface area contributed by atoms with E-state index < -0.39 is 0 Å². The van der Waals surface area contributed by atoms with E-state index in [1.165, 1.54) is 37.7 Å². The molecule has 0 spiro atoms. The molecule has 1 aromatic carbocycles. The van der Waals surface area contributed by atoms with Crippen molar-refractivity contribution in [1.82, 2.24) is 5.32 Å². The van der Waals surface area contributed by atoms with Crippen LogP contribution < -0.4 is 5.32 Å². The first-order chi connectivity index (χ1) is 9.22. The van der Waals surface area contributed by atoms with Gasteiger partial charge in [0.1, 0.15) is 0 Å². The van der Waals surface area contributed by atoms with Crippen LogP contribution in [0.2, 0.25) is 0 Å². The molecule has 0 radical (unpaired) electrons. The molecule has 0 saturated carbocycles. The molecular weight excluding hydrogens is 230 g/mol.